The highest BCUT2D eigenvalue weighted by molar-refractivity contribution is 5.31. The van der Waals surface area contributed by atoms with Crippen molar-refractivity contribution in [3.8, 4) is 0 Å². The largest absolute Gasteiger partial charge is 0.307 e. The Kier molecular flexibility index (Phi) is 1.88. The summed E-state index contributed by atoms with van der Waals surface area (Å²) in [7, 11) is 0. The topological polar surface area (TPSA) is 12.0 Å². The van der Waals surface area contributed by atoms with E-state index in [1.54, 1.807) is 12.1 Å². The molecule has 0 bridgehead atoms. The summed E-state index contributed by atoms with van der Waals surface area (Å²) >= 11 is 0. The van der Waals surface area contributed by atoms with Crippen LogP contribution in [0.15, 0.2) is 18.2 Å². The van der Waals surface area contributed by atoms with Gasteiger partial charge in [-0.3, -0.25) is 0 Å². The van der Waals surface area contributed by atoms with Crippen LogP contribution >= 0.6 is 0 Å². The SMILES string of the molecule is CC1(C)Cc2ccc(F)cc2CN1. The number of rotatable bonds is 0. The van der Waals surface area contributed by atoms with E-state index in [9.17, 15) is 4.39 Å². The zero-order valence-electron chi connectivity index (χ0n) is 8.02. The maximum atomic E-state index is 12.9. The van der Waals surface area contributed by atoms with E-state index in [1.165, 1.54) is 5.56 Å². The third-order valence-electron chi connectivity index (χ3n) is 2.56. The predicted octanol–water partition coefficient (Wildman–Crippen LogP) is 2.25. The van der Waals surface area contributed by atoms with Crippen molar-refractivity contribution in [2.24, 2.45) is 0 Å². The van der Waals surface area contributed by atoms with Gasteiger partial charge in [0, 0.05) is 12.1 Å². The van der Waals surface area contributed by atoms with Crippen molar-refractivity contribution in [3.05, 3.63) is 35.1 Å². The number of hydrogen-bond acceptors (Lipinski definition) is 1. The van der Waals surface area contributed by atoms with Crippen molar-refractivity contribution in [2.75, 3.05) is 0 Å². The summed E-state index contributed by atoms with van der Waals surface area (Å²) in [5.74, 6) is -0.139. The van der Waals surface area contributed by atoms with Crippen LogP contribution in [0.1, 0.15) is 25.0 Å². The normalized spacial score (nSPS) is 19.6. The molecular formula is C11H14FN. The molecule has 1 aromatic carbocycles. The first-order valence-corrected chi connectivity index (χ1v) is 4.59. The molecule has 2 heteroatoms. The van der Waals surface area contributed by atoms with E-state index >= 15 is 0 Å². The van der Waals surface area contributed by atoms with Crippen molar-refractivity contribution >= 4 is 0 Å². The Labute approximate surface area is 78.0 Å². The highest BCUT2D eigenvalue weighted by Gasteiger charge is 2.24. The molecule has 1 heterocycles. The molecule has 0 saturated carbocycles. The molecule has 0 amide bonds. The van der Waals surface area contributed by atoms with E-state index in [2.05, 4.69) is 19.2 Å². The van der Waals surface area contributed by atoms with E-state index in [0.29, 0.717) is 0 Å². The summed E-state index contributed by atoms with van der Waals surface area (Å²) < 4.78 is 12.9. The lowest BCUT2D eigenvalue weighted by atomic mass is 9.88. The van der Waals surface area contributed by atoms with Gasteiger partial charge in [0.15, 0.2) is 0 Å². The Balaban J connectivity index is 2.37. The van der Waals surface area contributed by atoms with Gasteiger partial charge in [0.1, 0.15) is 5.82 Å². The quantitative estimate of drug-likeness (QED) is 0.644. The average molecular weight is 179 g/mol. The maximum Gasteiger partial charge on any atom is 0.123 e. The molecule has 1 nitrogen and oxygen atoms in total. The first-order valence-electron chi connectivity index (χ1n) is 4.59. The first kappa shape index (κ1) is 8.70. The minimum Gasteiger partial charge on any atom is -0.307 e. The van der Waals surface area contributed by atoms with E-state index in [-0.39, 0.29) is 11.4 Å². The van der Waals surface area contributed by atoms with E-state index in [4.69, 9.17) is 0 Å². The summed E-state index contributed by atoms with van der Waals surface area (Å²) in [6, 6.07) is 5.06. The summed E-state index contributed by atoms with van der Waals surface area (Å²) in [6.45, 7) is 5.11. The molecular weight excluding hydrogens is 165 g/mol. The Morgan fingerprint density at radius 2 is 2.08 bits per heavy atom. The predicted molar refractivity (Wildman–Crippen MR) is 51.0 cm³/mol. The van der Waals surface area contributed by atoms with Gasteiger partial charge in [-0.25, -0.2) is 4.39 Å². The van der Waals surface area contributed by atoms with Gasteiger partial charge in [-0.2, -0.15) is 0 Å². The molecule has 0 spiro atoms. The highest BCUT2D eigenvalue weighted by Crippen LogP contribution is 2.23. The fourth-order valence-corrected chi connectivity index (χ4v) is 1.80. The van der Waals surface area contributed by atoms with Crippen LogP contribution in [-0.4, -0.2) is 5.54 Å². The molecule has 0 saturated heterocycles. The molecule has 0 unspecified atom stereocenters. The van der Waals surface area contributed by atoms with Gasteiger partial charge in [0.25, 0.3) is 0 Å². The van der Waals surface area contributed by atoms with Crippen molar-refractivity contribution in [1.82, 2.24) is 5.32 Å². The lowest BCUT2D eigenvalue weighted by molar-refractivity contribution is 0.361. The third-order valence-corrected chi connectivity index (χ3v) is 2.56. The molecule has 1 aliphatic heterocycles. The number of nitrogens with one attached hydrogen (secondary N) is 1. The maximum absolute atomic E-state index is 12.9. The van der Waals surface area contributed by atoms with Crippen LogP contribution in [0, 0.1) is 5.82 Å². The zero-order valence-corrected chi connectivity index (χ0v) is 8.02. The van der Waals surface area contributed by atoms with Crippen molar-refractivity contribution in [2.45, 2.75) is 32.4 Å². The van der Waals surface area contributed by atoms with Crippen LogP contribution in [-0.2, 0) is 13.0 Å². The monoisotopic (exact) mass is 179 g/mol. The molecule has 0 atom stereocenters. The smallest absolute Gasteiger partial charge is 0.123 e. The van der Waals surface area contributed by atoms with Gasteiger partial charge in [-0.05, 0) is 43.5 Å². The first-order chi connectivity index (χ1) is 6.07. The standard InChI is InChI=1S/C11H14FN/c1-11(2)6-8-3-4-10(12)5-9(8)7-13-11/h3-5,13H,6-7H2,1-2H3. The van der Waals surface area contributed by atoms with Gasteiger partial charge in [-0.15, -0.1) is 0 Å². The zero-order chi connectivity index (χ0) is 9.47. The van der Waals surface area contributed by atoms with E-state index in [0.717, 1.165) is 18.5 Å². The molecule has 0 aliphatic carbocycles. The van der Waals surface area contributed by atoms with Crippen molar-refractivity contribution in [1.29, 1.82) is 0 Å². The summed E-state index contributed by atoms with van der Waals surface area (Å²) in [4.78, 5) is 0. The van der Waals surface area contributed by atoms with Crippen LogP contribution in [0.4, 0.5) is 4.39 Å². The van der Waals surface area contributed by atoms with Gasteiger partial charge >= 0.3 is 0 Å². The second kappa shape index (κ2) is 2.81. The van der Waals surface area contributed by atoms with Gasteiger partial charge in [0.05, 0.1) is 0 Å². The number of fused-ring (bicyclic) bond motifs is 1. The Morgan fingerprint density at radius 3 is 2.85 bits per heavy atom. The Morgan fingerprint density at radius 1 is 1.31 bits per heavy atom. The Hall–Kier alpha value is -0.890. The average Bonchev–Trinajstić information content (AvgIpc) is 2.05. The highest BCUT2D eigenvalue weighted by atomic mass is 19.1. The molecule has 0 radical (unpaired) electrons. The van der Waals surface area contributed by atoms with Gasteiger partial charge < -0.3 is 5.32 Å². The molecule has 1 aliphatic rings. The van der Waals surface area contributed by atoms with E-state index < -0.39 is 0 Å². The lowest BCUT2D eigenvalue weighted by Crippen LogP contribution is -2.44. The van der Waals surface area contributed by atoms with Crippen LogP contribution in [0.5, 0.6) is 0 Å². The van der Waals surface area contributed by atoms with Crippen molar-refractivity contribution in [3.63, 3.8) is 0 Å². The lowest BCUT2D eigenvalue weighted by Gasteiger charge is -2.32. The summed E-state index contributed by atoms with van der Waals surface area (Å²) in [6.07, 6.45) is 0.975. The molecule has 1 aromatic rings. The fraction of sp³-hybridized carbons (Fsp3) is 0.455. The molecule has 13 heavy (non-hydrogen) atoms. The van der Waals surface area contributed by atoms with Gasteiger partial charge in [0.2, 0.25) is 0 Å². The summed E-state index contributed by atoms with van der Waals surface area (Å²) in [5, 5.41) is 3.38. The molecule has 0 aromatic heterocycles. The molecule has 0 fully saturated rings. The van der Waals surface area contributed by atoms with Gasteiger partial charge in [-0.1, -0.05) is 6.07 Å². The minimum atomic E-state index is -0.139. The van der Waals surface area contributed by atoms with Crippen LogP contribution < -0.4 is 5.32 Å². The summed E-state index contributed by atoms with van der Waals surface area (Å²) in [5.41, 5.74) is 2.51. The van der Waals surface area contributed by atoms with Crippen LogP contribution in [0.2, 0.25) is 0 Å². The molecule has 70 valence electrons. The van der Waals surface area contributed by atoms with E-state index in [1.807, 2.05) is 6.07 Å². The number of benzene rings is 1. The fourth-order valence-electron chi connectivity index (χ4n) is 1.80. The minimum absolute atomic E-state index is 0.139. The second-order valence-electron chi connectivity index (χ2n) is 4.33. The number of halogens is 1. The second-order valence-corrected chi connectivity index (χ2v) is 4.33. The molecule has 2 rings (SSSR count). The van der Waals surface area contributed by atoms with Crippen LogP contribution in [0.25, 0.3) is 0 Å². The third kappa shape index (κ3) is 1.73. The van der Waals surface area contributed by atoms with Crippen molar-refractivity contribution < 1.29 is 4.39 Å². The number of hydrogen-bond donors (Lipinski definition) is 1. The molecule has 1 N–H and O–H groups in total. The van der Waals surface area contributed by atoms with Crippen LogP contribution in [0.3, 0.4) is 0 Å². The Bertz CT molecular complexity index is 331.